The molecule has 1 aliphatic heterocycles. The molecular weight excluding hydrogens is 505 g/mol. The minimum atomic E-state index is -4.86. The first-order valence-electron chi connectivity index (χ1n) is 12.0. The molecule has 1 fully saturated rings. The molecule has 0 spiro atoms. The van der Waals surface area contributed by atoms with Gasteiger partial charge in [-0.2, -0.15) is 13.2 Å². The number of benzene rings is 2. The average molecular weight is 539 g/mol. The van der Waals surface area contributed by atoms with E-state index in [2.05, 4.69) is 16.0 Å². The monoisotopic (exact) mass is 538 g/mol. The second-order valence-electron chi connectivity index (χ2n) is 8.74. The number of carbonyl (C=O) groups excluding carboxylic acids is 2. The highest BCUT2D eigenvalue weighted by Gasteiger charge is 2.39. The van der Waals surface area contributed by atoms with Crippen LogP contribution in [0.2, 0.25) is 0 Å². The van der Waals surface area contributed by atoms with Crippen molar-refractivity contribution >= 4 is 17.5 Å². The van der Waals surface area contributed by atoms with Gasteiger partial charge in [0.2, 0.25) is 12.1 Å². The van der Waals surface area contributed by atoms with Gasteiger partial charge in [-0.15, -0.1) is 0 Å². The highest BCUT2D eigenvalue weighted by molar-refractivity contribution is 5.94. The summed E-state index contributed by atoms with van der Waals surface area (Å²) in [4.78, 5) is 28.0. The van der Waals surface area contributed by atoms with Gasteiger partial charge in [-0.05, 0) is 30.8 Å². The van der Waals surface area contributed by atoms with Gasteiger partial charge in [0, 0.05) is 37.0 Å². The molecule has 2 aromatic carbocycles. The van der Waals surface area contributed by atoms with Gasteiger partial charge in [-0.25, -0.2) is 0 Å². The van der Waals surface area contributed by atoms with E-state index in [4.69, 9.17) is 15.6 Å². The number of morpholine rings is 1. The quantitative estimate of drug-likeness (QED) is 0.247. The average Bonchev–Trinajstić information content (AvgIpc) is 2.92. The minimum absolute atomic E-state index is 0.134. The van der Waals surface area contributed by atoms with Crippen LogP contribution in [0.1, 0.15) is 33.7 Å². The number of aliphatic hydroxyl groups excluding tert-OH is 1. The SMILES string of the molecule is CNc1ccccc1C(NC)C(=O)N1CCOCC1CNC(=O)c1ccc(C(N)NC(O)C(F)(F)F)cc1. The number of rotatable bonds is 10. The van der Waals surface area contributed by atoms with Gasteiger partial charge in [-0.1, -0.05) is 30.3 Å². The number of aliphatic hydroxyl groups is 1. The van der Waals surface area contributed by atoms with Crippen LogP contribution in [0.5, 0.6) is 0 Å². The van der Waals surface area contributed by atoms with Crippen LogP contribution >= 0.6 is 0 Å². The number of nitrogens with zero attached hydrogens (tertiary/aromatic N) is 1. The van der Waals surface area contributed by atoms with E-state index in [-0.39, 0.29) is 30.2 Å². The molecule has 1 aliphatic rings. The maximum Gasteiger partial charge on any atom is 0.428 e. The van der Waals surface area contributed by atoms with E-state index in [0.29, 0.717) is 13.2 Å². The summed E-state index contributed by atoms with van der Waals surface area (Å²) in [5.41, 5.74) is 7.81. The van der Waals surface area contributed by atoms with Crippen molar-refractivity contribution in [3.05, 3.63) is 65.2 Å². The molecule has 38 heavy (non-hydrogen) atoms. The van der Waals surface area contributed by atoms with E-state index in [0.717, 1.165) is 11.3 Å². The molecule has 0 radical (unpaired) electrons. The number of anilines is 1. The largest absolute Gasteiger partial charge is 0.428 e. The number of hydrogen-bond donors (Lipinski definition) is 6. The molecule has 2 aromatic rings. The number of para-hydroxylation sites is 1. The number of alkyl halides is 3. The second-order valence-corrected chi connectivity index (χ2v) is 8.74. The van der Waals surface area contributed by atoms with Crippen molar-refractivity contribution in [3.8, 4) is 0 Å². The minimum Gasteiger partial charge on any atom is -0.388 e. The topological polar surface area (TPSA) is 141 Å². The number of carbonyl (C=O) groups is 2. The number of amides is 2. The van der Waals surface area contributed by atoms with Crippen LogP contribution in [0.4, 0.5) is 18.9 Å². The molecule has 0 aromatic heterocycles. The fourth-order valence-electron chi connectivity index (χ4n) is 4.18. The lowest BCUT2D eigenvalue weighted by Crippen LogP contribution is -2.55. The predicted octanol–water partition coefficient (Wildman–Crippen LogP) is 1.07. The summed E-state index contributed by atoms with van der Waals surface area (Å²) in [5.74, 6) is -0.582. The summed E-state index contributed by atoms with van der Waals surface area (Å²) in [6, 6.07) is 12.1. The fraction of sp³-hybridized carbons (Fsp3) is 0.440. The lowest BCUT2D eigenvalue weighted by molar-refractivity contribution is -0.216. The summed E-state index contributed by atoms with van der Waals surface area (Å²) < 4.78 is 43.2. The first-order valence-corrected chi connectivity index (χ1v) is 12.0. The van der Waals surface area contributed by atoms with Crippen LogP contribution in [-0.4, -0.2) is 80.7 Å². The maximum atomic E-state index is 13.5. The Hall–Kier alpha value is -3.23. The zero-order valence-electron chi connectivity index (χ0n) is 21.1. The lowest BCUT2D eigenvalue weighted by atomic mass is 10.0. The van der Waals surface area contributed by atoms with Gasteiger partial charge in [0.25, 0.3) is 5.91 Å². The number of nitrogens with two attached hydrogens (primary N) is 1. The zero-order valence-corrected chi connectivity index (χ0v) is 21.1. The van der Waals surface area contributed by atoms with Gasteiger partial charge in [-0.3, -0.25) is 14.9 Å². The van der Waals surface area contributed by atoms with E-state index in [9.17, 15) is 22.8 Å². The number of ether oxygens (including phenoxy) is 1. The molecule has 10 nitrogen and oxygen atoms in total. The molecule has 4 unspecified atom stereocenters. The molecule has 1 saturated heterocycles. The molecule has 7 N–H and O–H groups in total. The first kappa shape index (κ1) is 29.3. The van der Waals surface area contributed by atoms with Gasteiger partial charge in [0.05, 0.1) is 25.4 Å². The number of nitrogens with one attached hydrogen (secondary N) is 4. The van der Waals surface area contributed by atoms with Crippen molar-refractivity contribution < 1.29 is 32.6 Å². The molecule has 13 heteroatoms. The highest BCUT2D eigenvalue weighted by Crippen LogP contribution is 2.25. The molecule has 4 atom stereocenters. The Kier molecular flexibility index (Phi) is 10.1. The Labute approximate surface area is 218 Å². The van der Waals surface area contributed by atoms with Gasteiger partial charge >= 0.3 is 6.18 Å². The van der Waals surface area contributed by atoms with Gasteiger partial charge < -0.3 is 36.4 Å². The third-order valence-electron chi connectivity index (χ3n) is 6.27. The summed E-state index contributed by atoms with van der Waals surface area (Å²) in [6.45, 7) is 1.12. The standard InChI is InChI=1S/C25H33F3N6O4/c1-30-19-6-4-3-5-18(19)20(31-2)23(36)34-11-12-38-14-17(34)13-32-22(35)16-9-7-15(8-10-16)21(29)33-24(37)25(26,27)28/h3-10,17,20-21,24,30-31,33,37H,11-14,29H2,1-2H3,(H,32,35). The van der Waals surface area contributed by atoms with Gasteiger partial charge in [0.15, 0.2) is 0 Å². The number of hydrogen-bond acceptors (Lipinski definition) is 8. The maximum absolute atomic E-state index is 13.5. The Bertz CT molecular complexity index is 1090. The molecule has 1 heterocycles. The Morgan fingerprint density at radius 3 is 2.47 bits per heavy atom. The summed E-state index contributed by atoms with van der Waals surface area (Å²) in [5, 5.41) is 20.0. The van der Waals surface area contributed by atoms with E-state index in [1.165, 1.54) is 24.3 Å². The van der Waals surface area contributed by atoms with Crippen molar-refractivity contribution in [2.24, 2.45) is 5.73 Å². The zero-order chi connectivity index (χ0) is 27.9. The molecule has 2 amide bonds. The lowest BCUT2D eigenvalue weighted by Gasteiger charge is -2.38. The van der Waals surface area contributed by atoms with Crippen molar-refractivity contribution in [1.82, 2.24) is 20.9 Å². The van der Waals surface area contributed by atoms with E-state index >= 15 is 0 Å². The van der Waals surface area contributed by atoms with Crippen LogP contribution in [0.3, 0.4) is 0 Å². The van der Waals surface area contributed by atoms with Crippen molar-refractivity contribution in [3.63, 3.8) is 0 Å². The predicted molar refractivity (Wildman–Crippen MR) is 135 cm³/mol. The Balaban J connectivity index is 1.63. The number of likely N-dealkylation sites (N-methyl/N-ethyl adjacent to an activating group) is 1. The molecule has 3 rings (SSSR count). The summed E-state index contributed by atoms with van der Waals surface area (Å²) in [6.07, 6.45) is -8.94. The smallest absolute Gasteiger partial charge is 0.388 e. The van der Waals surface area contributed by atoms with Crippen LogP contribution in [0.25, 0.3) is 0 Å². The molecule has 0 saturated carbocycles. The third-order valence-corrected chi connectivity index (χ3v) is 6.27. The van der Waals surface area contributed by atoms with Crippen LogP contribution in [-0.2, 0) is 9.53 Å². The van der Waals surface area contributed by atoms with Crippen molar-refractivity contribution in [2.75, 3.05) is 45.7 Å². The summed E-state index contributed by atoms with van der Waals surface area (Å²) in [7, 11) is 3.49. The van der Waals surface area contributed by atoms with Gasteiger partial charge in [0.1, 0.15) is 6.04 Å². The third kappa shape index (κ3) is 7.20. The van der Waals surface area contributed by atoms with E-state index in [1.807, 2.05) is 29.6 Å². The Morgan fingerprint density at radius 2 is 1.84 bits per heavy atom. The Morgan fingerprint density at radius 1 is 1.16 bits per heavy atom. The summed E-state index contributed by atoms with van der Waals surface area (Å²) >= 11 is 0. The van der Waals surface area contributed by atoms with Crippen molar-refractivity contribution in [2.45, 2.75) is 30.7 Å². The fourth-order valence-corrected chi connectivity index (χ4v) is 4.18. The molecular formula is C25H33F3N6O4. The molecule has 0 bridgehead atoms. The normalized spacial score (nSPS) is 18.4. The van der Waals surface area contributed by atoms with Crippen molar-refractivity contribution in [1.29, 1.82) is 0 Å². The molecule has 208 valence electrons. The first-order chi connectivity index (χ1) is 18.1. The molecule has 0 aliphatic carbocycles. The van der Waals surface area contributed by atoms with E-state index in [1.54, 1.807) is 19.0 Å². The van der Waals surface area contributed by atoms with E-state index < -0.39 is 36.6 Å². The van der Waals surface area contributed by atoms with Crippen LogP contribution in [0.15, 0.2) is 48.5 Å². The second kappa shape index (κ2) is 13.0. The van der Waals surface area contributed by atoms with Crippen LogP contribution in [0, 0.1) is 0 Å². The van der Waals surface area contributed by atoms with Crippen LogP contribution < -0.4 is 27.0 Å². The highest BCUT2D eigenvalue weighted by atomic mass is 19.4. The number of halogens is 3.